The van der Waals surface area contributed by atoms with E-state index in [1.54, 1.807) is 0 Å². The van der Waals surface area contributed by atoms with Crippen LogP contribution in [0.3, 0.4) is 0 Å². The highest BCUT2D eigenvalue weighted by Crippen LogP contribution is 2.28. The minimum absolute atomic E-state index is 1.11. The third-order valence-corrected chi connectivity index (χ3v) is 3.28. The van der Waals surface area contributed by atoms with Gasteiger partial charge in [-0.15, -0.1) is 0 Å². The fourth-order valence-electron chi connectivity index (χ4n) is 1.37. The molecule has 13 heavy (non-hydrogen) atoms. The second-order valence-corrected chi connectivity index (χ2v) is 4.30. The molecule has 66 valence electrons. The Hall–Kier alpha value is -0.290. The molecule has 0 atom stereocenters. The van der Waals surface area contributed by atoms with Gasteiger partial charge < -0.3 is 4.34 Å². The Morgan fingerprint density at radius 2 is 1.77 bits per heavy atom. The van der Waals surface area contributed by atoms with Crippen LogP contribution in [0.1, 0.15) is 0 Å². The van der Waals surface area contributed by atoms with Gasteiger partial charge in [0.05, 0.1) is 5.69 Å². The zero-order valence-electron chi connectivity index (χ0n) is 6.72. The van der Waals surface area contributed by atoms with Crippen LogP contribution in [-0.4, -0.2) is 0 Å². The lowest BCUT2D eigenvalue weighted by atomic mass is 10.1. The molecule has 2 aromatic rings. The zero-order valence-corrected chi connectivity index (χ0v) is 10.5. The van der Waals surface area contributed by atoms with E-state index in [9.17, 15) is 0 Å². The van der Waals surface area contributed by atoms with Gasteiger partial charge in [-0.1, -0.05) is 24.3 Å². The van der Waals surface area contributed by atoms with Gasteiger partial charge in [-0.2, -0.15) is 0 Å². The number of halogens is 2. The molecule has 1 nitrogen and oxygen atoms in total. The van der Waals surface area contributed by atoms with Crippen molar-refractivity contribution in [2.24, 2.45) is 0 Å². The summed E-state index contributed by atoms with van der Waals surface area (Å²) in [6.45, 7) is 0. The summed E-state index contributed by atoms with van der Waals surface area (Å²) in [5.41, 5.74) is 1.11. The first-order chi connectivity index (χ1) is 6.33. The van der Waals surface area contributed by atoms with Crippen molar-refractivity contribution in [1.82, 2.24) is 0 Å². The van der Waals surface area contributed by atoms with E-state index in [0.717, 1.165) is 5.69 Å². The SMILES string of the molecule is BrNc1cccc2cccc(I)c12. The van der Waals surface area contributed by atoms with Crippen LogP contribution < -0.4 is 4.34 Å². The molecule has 0 amide bonds. The number of benzene rings is 2. The van der Waals surface area contributed by atoms with E-state index in [1.807, 2.05) is 6.07 Å². The maximum atomic E-state index is 3.26. The molecule has 0 fully saturated rings. The number of nitrogens with one attached hydrogen (secondary N) is 1. The summed E-state index contributed by atoms with van der Waals surface area (Å²) in [5, 5.41) is 2.53. The van der Waals surface area contributed by atoms with Gasteiger partial charge in [0.2, 0.25) is 0 Å². The summed E-state index contributed by atoms with van der Waals surface area (Å²) in [5.74, 6) is 0. The van der Waals surface area contributed by atoms with E-state index in [4.69, 9.17) is 0 Å². The fraction of sp³-hybridized carbons (Fsp3) is 0. The maximum Gasteiger partial charge on any atom is 0.0530 e. The lowest BCUT2D eigenvalue weighted by molar-refractivity contribution is 1.69. The van der Waals surface area contributed by atoms with Gasteiger partial charge in [0.25, 0.3) is 0 Å². The van der Waals surface area contributed by atoms with E-state index < -0.39 is 0 Å². The summed E-state index contributed by atoms with van der Waals surface area (Å²) < 4.78 is 4.28. The van der Waals surface area contributed by atoms with Crippen LogP contribution in [0.4, 0.5) is 5.69 Å². The highest BCUT2D eigenvalue weighted by Gasteiger charge is 2.01. The Labute approximate surface area is 99.0 Å². The van der Waals surface area contributed by atoms with Gasteiger partial charge in [-0.05, 0) is 40.1 Å². The van der Waals surface area contributed by atoms with Crippen LogP contribution in [0.2, 0.25) is 0 Å². The topological polar surface area (TPSA) is 12.0 Å². The molecule has 0 aliphatic rings. The van der Waals surface area contributed by atoms with Crippen LogP contribution in [0, 0.1) is 3.57 Å². The summed E-state index contributed by atoms with van der Waals surface area (Å²) in [6.07, 6.45) is 0. The number of anilines is 1. The predicted molar refractivity (Wildman–Crippen MR) is 69.2 cm³/mol. The molecule has 2 rings (SSSR count). The molecule has 0 spiro atoms. The van der Waals surface area contributed by atoms with Crippen molar-refractivity contribution in [2.45, 2.75) is 0 Å². The molecule has 0 heterocycles. The highest BCUT2D eigenvalue weighted by atomic mass is 127. The molecule has 0 aliphatic carbocycles. The van der Waals surface area contributed by atoms with Crippen LogP contribution >= 0.6 is 38.7 Å². The standard InChI is InChI=1S/C10H7BrIN/c11-13-9-6-2-4-7-3-1-5-8(12)10(7)9/h1-6,13H. The molecule has 2 aromatic carbocycles. The van der Waals surface area contributed by atoms with Gasteiger partial charge in [0, 0.05) is 25.1 Å². The number of hydrogen-bond donors (Lipinski definition) is 1. The summed E-state index contributed by atoms with van der Waals surface area (Å²) in [7, 11) is 0. The quantitative estimate of drug-likeness (QED) is 0.603. The van der Waals surface area contributed by atoms with E-state index in [1.165, 1.54) is 14.3 Å². The number of fused-ring (bicyclic) bond motifs is 1. The van der Waals surface area contributed by atoms with E-state index in [0.29, 0.717) is 0 Å². The summed E-state index contributed by atoms with van der Waals surface area (Å²) >= 11 is 5.61. The molecular formula is C10H7BrIN. The Morgan fingerprint density at radius 3 is 2.46 bits per heavy atom. The van der Waals surface area contributed by atoms with E-state index >= 15 is 0 Å². The summed E-state index contributed by atoms with van der Waals surface area (Å²) in [6, 6.07) is 12.5. The van der Waals surface area contributed by atoms with Crippen LogP contribution in [0.15, 0.2) is 36.4 Å². The lowest BCUT2D eigenvalue weighted by Crippen LogP contribution is -1.84. The van der Waals surface area contributed by atoms with E-state index in [-0.39, 0.29) is 0 Å². The first-order valence-corrected chi connectivity index (χ1v) is 5.74. The van der Waals surface area contributed by atoms with Gasteiger partial charge >= 0.3 is 0 Å². The van der Waals surface area contributed by atoms with Crippen LogP contribution in [0.5, 0.6) is 0 Å². The Balaban J connectivity index is 2.87. The second kappa shape index (κ2) is 3.84. The van der Waals surface area contributed by atoms with E-state index in [2.05, 4.69) is 73.4 Å². The van der Waals surface area contributed by atoms with Gasteiger partial charge in [-0.3, -0.25) is 0 Å². The molecule has 0 radical (unpaired) electrons. The smallest absolute Gasteiger partial charge is 0.0530 e. The van der Waals surface area contributed by atoms with Crippen LogP contribution in [-0.2, 0) is 0 Å². The first-order valence-electron chi connectivity index (χ1n) is 3.87. The zero-order chi connectivity index (χ0) is 9.26. The molecular weight excluding hydrogens is 341 g/mol. The molecule has 0 aromatic heterocycles. The van der Waals surface area contributed by atoms with Crippen molar-refractivity contribution in [3.8, 4) is 0 Å². The van der Waals surface area contributed by atoms with Crippen molar-refractivity contribution >= 4 is 55.2 Å². The van der Waals surface area contributed by atoms with Crippen molar-refractivity contribution in [1.29, 1.82) is 0 Å². The Morgan fingerprint density at radius 1 is 1.08 bits per heavy atom. The molecule has 0 bridgehead atoms. The van der Waals surface area contributed by atoms with Gasteiger partial charge in [-0.25, -0.2) is 0 Å². The largest absolute Gasteiger partial charge is 0.322 e. The lowest BCUT2D eigenvalue weighted by Gasteiger charge is -2.05. The minimum atomic E-state index is 1.11. The summed E-state index contributed by atoms with van der Waals surface area (Å²) in [4.78, 5) is 0. The third kappa shape index (κ3) is 1.67. The minimum Gasteiger partial charge on any atom is -0.322 e. The average molecular weight is 348 g/mol. The first kappa shape index (κ1) is 9.27. The maximum absolute atomic E-state index is 3.26. The van der Waals surface area contributed by atoms with Crippen LogP contribution in [0.25, 0.3) is 10.8 Å². The Kier molecular flexibility index (Phi) is 2.74. The second-order valence-electron chi connectivity index (χ2n) is 2.74. The number of hydrogen-bond acceptors (Lipinski definition) is 1. The van der Waals surface area contributed by atoms with Gasteiger partial charge in [0.15, 0.2) is 0 Å². The average Bonchev–Trinajstić information content (AvgIpc) is 2.17. The molecule has 3 heteroatoms. The van der Waals surface area contributed by atoms with Crippen molar-refractivity contribution in [2.75, 3.05) is 4.34 Å². The van der Waals surface area contributed by atoms with Gasteiger partial charge in [0.1, 0.15) is 0 Å². The fourth-order valence-corrected chi connectivity index (χ4v) is 2.51. The van der Waals surface area contributed by atoms with Crippen molar-refractivity contribution in [3.05, 3.63) is 40.0 Å². The molecule has 0 unspecified atom stereocenters. The molecule has 1 N–H and O–H groups in total. The molecule has 0 aliphatic heterocycles. The normalized spacial score (nSPS) is 10.3. The predicted octanol–water partition coefficient (Wildman–Crippen LogP) is 4.17. The Bertz CT molecular complexity index is 437. The number of rotatable bonds is 1. The molecule has 0 saturated carbocycles. The molecule has 0 saturated heterocycles. The highest BCUT2D eigenvalue weighted by molar-refractivity contribution is 14.1. The van der Waals surface area contributed by atoms with Crippen molar-refractivity contribution in [3.63, 3.8) is 0 Å². The monoisotopic (exact) mass is 347 g/mol. The van der Waals surface area contributed by atoms with Crippen molar-refractivity contribution < 1.29 is 0 Å². The third-order valence-electron chi connectivity index (χ3n) is 1.96.